The van der Waals surface area contributed by atoms with Crippen LogP contribution in [0.3, 0.4) is 0 Å². The van der Waals surface area contributed by atoms with Crippen LogP contribution in [-0.4, -0.2) is 5.48 Å². The van der Waals surface area contributed by atoms with E-state index in [2.05, 4.69) is 0 Å². The molecule has 76 valence electrons. The molecule has 2 aromatic carbocycles. The molecule has 2 aromatic rings. The fraction of sp³-hybridized carbons (Fsp3) is 0. The van der Waals surface area contributed by atoms with Crippen molar-refractivity contribution in [2.45, 2.75) is 0 Å². The van der Waals surface area contributed by atoms with Gasteiger partial charge in [0.05, 0.1) is 0 Å². The number of rotatable bonds is 0. The zero-order valence-electron chi connectivity index (χ0n) is 7.53. The van der Waals surface area contributed by atoms with Crippen LogP contribution in [-0.2, 0) is 26.2 Å². The Hall–Kier alpha value is 0.123. The second kappa shape index (κ2) is 18.8. The first-order chi connectivity index (χ1) is 5.00. The molecular formula is C10H12Cl2OZr. The summed E-state index contributed by atoms with van der Waals surface area (Å²) >= 11 is 0. The molecule has 0 amide bonds. The minimum atomic E-state index is 0. The predicted octanol–water partition coefficient (Wildman–Crippen LogP) is -4.01. The summed E-state index contributed by atoms with van der Waals surface area (Å²) in [6.45, 7) is 0. The molecule has 0 aromatic heterocycles. The Morgan fingerprint density at radius 3 is 0.857 bits per heavy atom. The monoisotopic (exact) mass is 308 g/mol. The predicted molar refractivity (Wildman–Crippen MR) is 47.7 cm³/mol. The van der Waals surface area contributed by atoms with Gasteiger partial charge in [-0.3, -0.25) is 0 Å². The molecule has 0 aliphatic rings. The Balaban J connectivity index is -0.0000000556. The molecule has 4 heteroatoms. The van der Waals surface area contributed by atoms with Gasteiger partial charge in [-0.05, 0) is 0 Å². The van der Waals surface area contributed by atoms with Crippen LogP contribution in [0.25, 0.3) is 0 Å². The zero-order chi connectivity index (χ0) is 7.07. The number of hydrogen-bond donors (Lipinski definition) is 0. The fourth-order valence-corrected chi connectivity index (χ4v) is 0.642. The summed E-state index contributed by atoms with van der Waals surface area (Å²) in [5.41, 5.74) is 0. The van der Waals surface area contributed by atoms with Crippen LogP contribution in [0.2, 0.25) is 0 Å². The molecule has 0 heterocycles. The fourth-order valence-electron chi connectivity index (χ4n) is 0.642. The van der Waals surface area contributed by atoms with Gasteiger partial charge < -0.3 is 30.3 Å². The summed E-state index contributed by atoms with van der Waals surface area (Å²) in [5.74, 6) is 0. The van der Waals surface area contributed by atoms with E-state index in [1.807, 2.05) is 60.7 Å². The normalized spacial score (nSPS) is 5.71. The van der Waals surface area contributed by atoms with Crippen molar-refractivity contribution in [1.29, 1.82) is 0 Å². The third-order valence-electron chi connectivity index (χ3n) is 1.11. The first kappa shape index (κ1) is 23.7. The van der Waals surface area contributed by atoms with Gasteiger partial charge in [-0.2, -0.15) is 36.4 Å². The van der Waals surface area contributed by atoms with Gasteiger partial charge in [0, 0.05) is 0 Å². The van der Waals surface area contributed by atoms with Crippen LogP contribution >= 0.6 is 0 Å². The average molecular weight is 310 g/mol. The van der Waals surface area contributed by atoms with E-state index in [1.54, 1.807) is 0 Å². The minimum absolute atomic E-state index is 0. The second-order valence-corrected chi connectivity index (χ2v) is 1.92. The van der Waals surface area contributed by atoms with E-state index in [0.29, 0.717) is 0 Å². The molecule has 0 spiro atoms. The van der Waals surface area contributed by atoms with Gasteiger partial charge >= 0.3 is 26.2 Å². The van der Waals surface area contributed by atoms with Gasteiger partial charge in [0.25, 0.3) is 0 Å². The maximum absolute atomic E-state index is 2.00. The topological polar surface area (TPSA) is 31.5 Å². The summed E-state index contributed by atoms with van der Waals surface area (Å²) in [6.07, 6.45) is 0. The number of halogens is 2. The molecule has 0 saturated carbocycles. The molecule has 0 unspecified atom stereocenters. The smallest absolute Gasteiger partial charge is 1.00 e. The first-order valence-electron chi connectivity index (χ1n) is 3.33. The summed E-state index contributed by atoms with van der Waals surface area (Å²) in [4.78, 5) is 0. The largest absolute Gasteiger partial charge is 4.00 e. The standard InChI is InChI=1S/2C5H5.2ClH.H2O.Zr/c2*1-2-4-5-3-1;;;;/h2*1-5H;2*1H;1H2;/q2*-1;;;;+4/p-2. The number of hydrogen-bond acceptors (Lipinski definition) is 0. The van der Waals surface area contributed by atoms with E-state index in [-0.39, 0.29) is 56.5 Å². The quantitative estimate of drug-likeness (QED) is 0.444. The van der Waals surface area contributed by atoms with Crippen LogP contribution in [0.5, 0.6) is 0 Å². The van der Waals surface area contributed by atoms with Crippen LogP contribution in [0.4, 0.5) is 0 Å². The van der Waals surface area contributed by atoms with Gasteiger partial charge in [0.2, 0.25) is 0 Å². The molecule has 0 radical (unpaired) electrons. The van der Waals surface area contributed by atoms with Crippen molar-refractivity contribution >= 4 is 0 Å². The van der Waals surface area contributed by atoms with Crippen LogP contribution in [0.1, 0.15) is 0 Å². The van der Waals surface area contributed by atoms with E-state index in [4.69, 9.17) is 0 Å². The van der Waals surface area contributed by atoms with E-state index < -0.39 is 0 Å². The van der Waals surface area contributed by atoms with E-state index in [0.717, 1.165) is 0 Å². The molecule has 0 atom stereocenters. The Morgan fingerprint density at radius 1 is 0.571 bits per heavy atom. The molecule has 0 aliphatic heterocycles. The first-order valence-corrected chi connectivity index (χ1v) is 3.33. The second-order valence-electron chi connectivity index (χ2n) is 1.92. The van der Waals surface area contributed by atoms with Crippen molar-refractivity contribution in [2.24, 2.45) is 0 Å². The SMILES string of the molecule is O.[Cl-].[Cl-].[Zr+4].c1cc[cH-]c1.c1cc[cH-]c1. The van der Waals surface area contributed by atoms with Crippen molar-refractivity contribution in [2.75, 3.05) is 0 Å². The molecule has 0 bridgehead atoms. The van der Waals surface area contributed by atoms with Crippen molar-refractivity contribution in [3.05, 3.63) is 60.7 Å². The Labute approximate surface area is 117 Å². The third kappa shape index (κ3) is 14.6. The van der Waals surface area contributed by atoms with Gasteiger partial charge in [0.1, 0.15) is 0 Å². The molecule has 2 rings (SSSR count). The van der Waals surface area contributed by atoms with Crippen molar-refractivity contribution in [3.8, 4) is 0 Å². The molecule has 0 fully saturated rings. The van der Waals surface area contributed by atoms with Gasteiger partial charge in [0.15, 0.2) is 0 Å². The maximum atomic E-state index is 2.00. The summed E-state index contributed by atoms with van der Waals surface area (Å²) < 4.78 is 0. The van der Waals surface area contributed by atoms with Crippen LogP contribution in [0, 0.1) is 0 Å². The van der Waals surface area contributed by atoms with E-state index >= 15 is 0 Å². The third-order valence-corrected chi connectivity index (χ3v) is 1.11. The molecule has 0 aliphatic carbocycles. The summed E-state index contributed by atoms with van der Waals surface area (Å²) in [7, 11) is 0. The van der Waals surface area contributed by atoms with Crippen LogP contribution in [0.15, 0.2) is 60.7 Å². The Kier molecular flexibility index (Phi) is 31.9. The zero-order valence-corrected chi connectivity index (χ0v) is 11.5. The van der Waals surface area contributed by atoms with Crippen molar-refractivity contribution in [3.63, 3.8) is 0 Å². The van der Waals surface area contributed by atoms with Crippen molar-refractivity contribution in [1.82, 2.24) is 0 Å². The molecule has 1 nitrogen and oxygen atoms in total. The molecule has 0 saturated heterocycles. The molecular weight excluding hydrogens is 298 g/mol. The minimum Gasteiger partial charge on any atom is -1.00 e. The van der Waals surface area contributed by atoms with Gasteiger partial charge in [-0.1, -0.05) is 0 Å². The molecule has 2 N–H and O–H groups in total. The average Bonchev–Trinajstić information content (AvgIpc) is 2.67. The van der Waals surface area contributed by atoms with Crippen LogP contribution < -0.4 is 24.8 Å². The van der Waals surface area contributed by atoms with Gasteiger partial charge in [-0.15, -0.1) is 0 Å². The van der Waals surface area contributed by atoms with Gasteiger partial charge in [-0.25, -0.2) is 24.3 Å². The molecule has 14 heavy (non-hydrogen) atoms. The van der Waals surface area contributed by atoms with E-state index in [9.17, 15) is 0 Å². The maximum Gasteiger partial charge on any atom is 4.00 e. The summed E-state index contributed by atoms with van der Waals surface area (Å²) in [5, 5.41) is 0. The Bertz CT molecular complexity index is 157. The Morgan fingerprint density at radius 2 is 0.786 bits per heavy atom. The summed E-state index contributed by atoms with van der Waals surface area (Å²) in [6, 6.07) is 20.0. The van der Waals surface area contributed by atoms with Crippen molar-refractivity contribution < 1.29 is 56.5 Å². The van der Waals surface area contributed by atoms with E-state index in [1.165, 1.54) is 0 Å².